The van der Waals surface area contributed by atoms with Crippen LogP contribution in [0.2, 0.25) is 0 Å². The van der Waals surface area contributed by atoms with Gasteiger partial charge in [-0.3, -0.25) is 10.1 Å². The molecule has 0 bridgehead atoms. The number of hydrogen-bond donors (Lipinski definition) is 1. The number of carbonyl (C=O) groups is 1. The van der Waals surface area contributed by atoms with E-state index in [1.807, 2.05) is 60.7 Å². The molecule has 0 aromatic heterocycles. The number of benzene rings is 2. The predicted molar refractivity (Wildman–Crippen MR) is 106 cm³/mol. The van der Waals surface area contributed by atoms with Crippen molar-refractivity contribution >= 4 is 6.29 Å². The largest absolute Gasteiger partial charge is 0.390 e. The van der Waals surface area contributed by atoms with Crippen LogP contribution in [0.1, 0.15) is 24.0 Å². The highest BCUT2D eigenvalue weighted by Gasteiger charge is 2.50. The lowest BCUT2D eigenvalue weighted by Crippen LogP contribution is -2.56. The first-order chi connectivity index (χ1) is 14.1. The van der Waals surface area contributed by atoms with Gasteiger partial charge in [0, 0.05) is 17.8 Å². The van der Waals surface area contributed by atoms with Crippen LogP contribution in [0.25, 0.3) is 0 Å². The molecule has 2 aromatic carbocycles. The summed E-state index contributed by atoms with van der Waals surface area (Å²) < 4.78 is 12.0. The maximum atomic E-state index is 11.6. The third kappa shape index (κ3) is 5.47. The van der Waals surface area contributed by atoms with Gasteiger partial charge in [0.05, 0.1) is 31.3 Å². The van der Waals surface area contributed by atoms with Gasteiger partial charge >= 0.3 is 0 Å². The molecule has 0 saturated heterocycles. The highest BCUT2D eigenvalue weighted by atomic mass is 16.6. The highest BCUT2D eigenvalue weighted by Crippen LogP contribution is 2.34. The van der Waals surface area contributed by atoms with Crippen molar-refractivity contribution < 1.29 is 24.3 Å². The minimum atomic E-state index is -1.06. The van der Waals surface area contributed by atoms with E-state index in [0.29, 0.717) is 6.29 Å². The summed E-state index contributed by atoms with van der Waals surface area (Å²) in [5, 5.41) is 22.2. The average Bonchev–Trinajstić information content (AvgIpc) is 2.74. The zero-order valence-electron chi connectivity index (χ0n) is 16.0. The lowest BCUT2D eigenvalue weighted by atomic mass is 9.77. The molecular formula is C22H25NO6. The predicted octanol–water partition coefficient (Wildman–Crippen LogP) is 2.77. The molecule has 154 valence electrons. The Labute approximate surface area is 169 Å². The number of hydrogen-bond acceptors (Lipinski definition) is 6. The number of nitrogens with zero attached hydrogens (tertiary/aromatic N) is 1. The quantitative estimate of drug-likeness (QED) is 0.395. The van der Waals surface area contributed by atoms with Crippen molar-refractivity contribution in [2.75, 3.05) is 0 Å². The lowest BCUT2D eigenvalue weighted by Gasteiger charge is -2.41. The Morgan fingerprint density at radius 1 is 0.966 bits per heavy atom. The van der Waals surface area contributed by atoms with Crippen LogP contribution in [-0.2, 0) is 27.5 Å². The van der Waals surface area contributed by atoms with Gasteiger partial charge in [0.2, 0.25) is 6.04 Å². The normalized spacial score (nSPS) is 26.7. The van der Waals surface area contributed by atoms with E-state index in [0.717, 1.165) is 11.1 Å². The van der Waals surface area contributed by atoms with Crippen LogP contribution in [0.5, 0.6) is 0 Å². The van der Waals surface area contributed by atoms with Crippen LogP contribution in [0.15, 0.2) is 60.7 Å². The highest BCUT2D eigenvalue weighted by molar-refractivity contribution is 5.50. The molecule has 7 heteroatoms. The molecule has 0 heterocycles. The molecule has 0 aliphatic heterocycles. The van der Waals surface area contributed by atoms with Crippen molar-refractivity contribution in [1.29, 1.82) is 0 Å². The molecule has 3 rings (SSSR count). The number of carbonyl (C=O) groups excluding carboxylic acids is 1. The first-order valence-electron chi connectivity index (χ1n) is 9.66. The van der Waals surface area contributed by atoms with Gasteiger partial charge in [-0.15, -0.1) is 0 Å². The van der Waals surface area contributed by atoms with Crippen LogP contribution < -0.4 is 0 Å². The van der Waals surface area contributed by atoms with Gasteiger partial charge in [-0.2, -0.15) is 0 Å². The van der Waals surface area contributed by atoms with Crippen LogP contribution in [-0.4, -0.2) is 40.7 Å². The number of rotatable bonds is 9. The SMILES string of the molecule is O=CC[C@H]1[C@H](OCc2ccccc2)[C@H](OCc2ccccc2)[C@H](O)C[C@@H]1[N+](=O)[O-]. The summed E-state index contributed by atoms with van der Waals surface area (Å²) in [6.45, 7) is 0.452. The molecule has 0 spiro atoms. The number of ether oxygens (including phenoxy) is 2. The van der Waals surface area contributed by atoms with Crippen molar-refractivity contribution in [3.63, 3.8) is 0 Å². The van der Waals surface area contributed by atoms with Crippen molar-refractivity contribution in [3.05, 3.63) is 81.9 Å². The molecule has 1 aliphatic carbocycles. The van der Waals surface area contributed by atoms with Crippen LogP contribution in [0.4, 0.5) is 0 Å². The molecule has 2 aromatic rings. The van der Waals surface area contributed by atoms with E-state index in [2.05, 4.69) is 0 Å². The number of nitro groups is 1. The maximum absolute atomic E-state index is 11.6. The molecule has 1 aliphatic rings. The van der Waals surface area contributed by atoms with E-state index in [-0.39, 0.29) is 26.1 Å². The van der Waals surface area contributed by atoms with Crippen LogP contribution in [0, 0.1) is 16.0 Å². The van der Waals surface area contributed by atoms with E-state index < -0.39 is 35.2 Å². The Balaban J connectivity index is 1.81. The topological polar surface area (TPSA) is 98.9 Å². The zero-order chi connectivity index (χ0) is 20.6. The van der Waals surface area contributed by atoms with E-state index in [1.54, 1.807) is 0 Å². The third-order valence-corrected chi connectivity index (χ3v) is 5.31. The molecule has 29 heavy (non-hydrogen) atoms. The molecular weight excluding hydrogens is 374 g/mol. The maximum Gasteiger partial charge on any atom is 0.221 e. The van der Waals surface area contributed by atoms with Crippen molar-refractivity contribution in [3.8, 4) is 0 Å². The molecule has 1 saturated carbocycles. The Morgan fingerprint density at radius 3 is 1.97 bits per heavy atom. The van der Waals surface area contributed by atoms with Crippen LogP contribution >= 0.6 is 0 Å². The van der Waals surface area contributed by atoms with Gasteiger partial charge in [-0.25, -0.2) is 0 Å². The summed E-state index contributed by atoms with van der Waals surface area (Å²) in [5.41, 5.74) is 1.82. The molecule has 7 nitrogen and oxygen atoms in total. The third-order valence-electron chi connectivity index (χ3n) is 5.31. The summed E-state index contributed by atoms with van der Waals surface area (Å²) in [7, 11) is 0. The van der Waals surface area contributed by atoms with Crippen molar-refractivity contribution in [2.24, 2.45) is 5.92 Å². The van der Waals surface area contributed by atoms with Gasteiger partial charge in [-0.1, -0.05) is 60.7 Å². The lowest BCUT2D eigenvalue weighted by molar-refractivity contribution is -0.543. The summed E-state index contributed by atoms with van der Waals surface area (Å²) in [6, 6.07) is 17.8. The Bertz CT molecular complexity index is 784. The zero-order valence-corrected chi connectivity index (χ0v) is 16.0. The molecule has 0 amide bonds. The van der Waals surface area contributed by atoms with Crippen molar-refractivity contribution in [2.45, 2.75) is 50.4 Å². The molecule has 0 radical (unpaired) electrons. The second-order valence-electron chi connectivity index (χ2n) is 7.24. The Kier molecular flexibility index (Phi) is 7.46. The monoisotopic (exact) mass is 399 g/mol. The minimum Gasteiger partial charge on any atom is -0.390 e. The fourth-order valence-electron chi connectivity index (χ4n) is 3.84. The average molecular weight is 399 g/mol. The van der Waals surface area contributed by atoms with Gasteiger partial charge < -0.3 is 19.4 Å². The second kappa shape index (κ2) is 10.2. The molecule has 1 N–H and O–H groups in total. The smallest absolute Gasteiger partial charge is 0.221 e. The van der Waals surface area contributed by atoms with Gasteiger partial charge in [0.15, 0.2) is 0 Å². The summed E-state index contributed by atoms with van der Waals surface area (Å²) in [5.74, 6) is -0.671. The number of aldehydes is 1. The minimum absolute atomic E-state index is 0.0248. The second-order valence-corrected chi connectivity index (χ2v) is 7.24. The fraction of sp³-hybridized carbons (Fsp3) is 0.409. The van der Waals surface area contributed by atoms with Gasteiger partial charge in [-0.05, 0) is 11.1 Å². The van der Waals surface area contributed by atoms with E-state index in [9.17, 15) is 20.0 Å². The Hall–Kier alpha value is -2.61. The van der Waals surface area contributed by atoms with Gasteiger partial charge in [0.25, 0.3) is 0 Å². The number of aliphatic hydroxyl groups excluding tert-OH is 1. The first-order valence-corrected chi connectivity index (χ1v) is 9.66. The van der Waals surface area contributed by atoms with Crippen LogP contribution in [0.3, 0.4) is 0 Å². The Morgan fingerprint density at radius 2 is 1.48 bits per heavy atom. The fourth-order valence-corrected chi connectivity index (χ4v) is 3.84. The van der Waals surface area contributed by atoms with Gasteiger partial charge in [0.1, 0.15) is 12.4 Å². The van der Waals surface area contributed by atoms with E-state index in [1.165, 1.54) is 0 Å². The molecule has 0 unspecified atom stereocenters. The summed E-state index contributed by atoms with van der Waals surface area (Å²) >= 11 is 0. The van der Waals surface area contributed by atoms with E-state index >= 15 is 0 Å². The molecule has 1 fully saturated rings. The molecule has 5 atom stereocenters. The summed E-state index contributed by atoms with van der Waals surface area (Å²) in [4.78, 5) is 22.4. The standard InChI is InChI=1S/C22H25NO6/c24-12-11-18-19(23(26)27)13-20(25)22(29-15-17-9-5-2-6-10-17)21(18)28-14-16-7-3-1-4-8-16/h1-10,12,18-22,25H,11,13-15H2/t18-,19+,20-,21+,22-/m1/s1. The van der Waals surface area contributed by atoms with Crippen molar-refractivity contribution in [1.82, 2.24) is 0 Å². The number of aliphatic hydroxyl groups is 1. The summed E-state index contributed by atoms with van der Waals surface area (Å²) in [6.07, 6.45) is -2.02. The van der Waals surface area contributed by atoms with E-state index in [4.69, 9.17) is 9.47 Å². The first kappa shape index (κ1) is 21.1.